The molecule has 1 aliphatic rings. The van der Waals surface area contributed by atoms with E-state index in [0.29, 0.717) is 24.6 Å². The number of phenols is 1. The van der Waals surface area contributed by atoms with Gasteiger partial charge in [-0.25, -0.2) is 5.43 Å². The number of nitrogens with zero attached hydrogens (tertiary/aromatic N) is 2. The van der Waals surface area contributed by atoms with Gasteiger partial charge in [0.15, 0.2) is 0 Å². The van der Waals surface area contributed by atoms with Crippen molar-refractivity contribution in [1.29, 1.82) is 0 Å². The Balaban J connectivity index is 1.46. The molecule has 1 heterocycles. The number of para-hydroxylation sites is 1. The lowest BCUT2D eigenvalue weighted by Gasteiger charge is -2.31. The number of rotatable bonds is 4. The van der Waals surface area contributed by atoms with Gasteiger partial charge in [0.05, 0.1) is 6.21 Å². The lowest BCUT2D eigenvalue weighted by atomic mass is 9.90. The van der Waals surface area contributed by atoms with Gasteiger partial charge in [-0.2, -0.15) is 5.10 Å². The molecule has 27 heavy (non-hydrogen) atoms. The minimum Gasteiger partial charge on any atom is -0.507 e. The fourth-order valence-electron chi connectivity index (χ4n) is 3.24. The summed E-state index contributed by atoms with van der Waals surface area (Å²) in [6.45, 7) is 1.15. The standard InChI is InChI=1S/C21H23N3O3/c25-19-9-5-4-8-18(19)15-22-23-20(26)21(27)24-12-10-17(11-13-24)14-16-6-2-1-3-7-16/h1-9,15,17,25H,10-14H2,(H,23,26)/b22-15+. The molecule has 2 N–H and O–H groups in total. The Morgan fingerprint density at radius 2 is 1.74 bits per heavy atom. The number of hydrogen-bond donors (Lipinski definition) is 2. The van der Waals surface area contributed by atoms with E-state index >= 15 is 0 Å². The first-order chi connectivity index (χ1) is 13.1. The fourth-order valence-corrected chi connectivity index (χ4v) is 3.24. The van der Waals surface area contributed by atoms with Crippen LogP contribution in [0.15, 0.2) is 59.7 Å². The summed E-state index contributed by atoms with van der Waals surface area (Å²) in [4.78, 5) is 25.9. The summed E-state index contributed by atoms with van der Waals surface area (Å²) in [5.41, 5.74) is 4.00. The maximum Gasteiger partial charge on any atom is 0.329 e. The fraction of sp³-hybridized carbons (Fsp3) is 0.286. The van der Waals surface area contributed by atoms with E-state index in [-0.39, 0.29) is 5.75 Å². The molecule has 2 amide bonds. The Hall–Kier alpha value is -3.15. The Labute approximate surface area is 158 Å². The van der Waals surface area contributed by atoms with Gasteiger partial charge in [-0.1, -0.05) is 42.5 Å². The van der Waals surface area contributed by atoms with Crippen LogP contribution in [0.1, 0.15) is 24.0 Å². The third-order valence-electron chi connectivity index (χ3n) is 4.77. The summed E-state index contributed by atoms with van der Waals surface area (Å²) in [5.74, 6) is -0.744. The van der Waals surface area contributed by atoms with E-state index in [2.05, 4.69) is 22.7 Å². The number of piperidine rings is 1. The first kappa shape index (κ1) is 18.6. The molecule has 0 radical (unpaired) electrons. The number of hydrazone groups is 1. The minimum absolute atomic E-state index is 0.0577. The van der Waals surface area contributed by atoms with Gasteiger partial charge >= 0.3 is 11.8 Å². The second-order valence-electron chi connectivity index (χ2n) is 6.68. The average Bonchev–Trinajstić information content (AvgIpc) is 2.70. The van der Waals surface area contributed by atoms with Gasteiger partial charge in [0.25, 0.3) is 0 Å². The summed E-state index contributed by atoms with van der Waals surface area (Å²) in [5, 5.41) is 13.4. The quantitative estimate of drug-likeness (QED) is 0.496. The first-order valence-electron chi connectivity index (χ1n) is 9.07. The van der Waals surface area contributed by atoms with Gasteiger partial charge in [-0.15, -0.1) is 0 Å². The van der Waals surface area contributed by atoms with Crippen molar-refractivity contribution in [3.63, 3.8) is 0 Å². The van der Waals surface area contributed by atoms with E-state index in [1.807, 2.05) is 18.2 Å². The van der Waals surface area contributed by atoms with Crippen LogP contribution in [0.5, 0.6) is 5.75 Å². The van der Waals surface area contributed by atoms with E-state index in [9.17, 15) is 14.7 Å². The predicted octanol–water partition coefficient (Wildman–Crippen LogP) is 2.32. The van der Waals surface area contributed by atoms with E-state index in [1.165, 1.54) is 17.8 Å². The number of benzene rings is 2. The SMILES string of the molecule is O=C(N/N=C/c1ccccc1O)C(=O)N1CCC(Cc2ccccc2)CC1. The van der Waals surface area contributed by atoms with Crippen molar-refractivity contribution in [2.24, 2.45) is 11.0 Å². The molecule has 1 saturated heterocycles. The maximum atomic E-state index is 12.3. The van der Waals surface area contributed by atoms with Gasteiger partial charge in [0, 0.05) is 18.7 Å². The van der Waals surface area contributed by atoms with Crippen LogP contribution in [-0.2, 0) is 16.0 Å². The third kappa shape index (κ3) is 5.17. The van der Waals surface area contributed by atoms with Crippen LogP contribution >= 0.6 is 0 Å². The lowest BCUT2D eigenvalue weighted by Crippen LogP contribution is -2.45. The predicted molar refractivity (Wildman–Crippen MR) is 103 cm³/mol. The number of phenolic OH excluding ortho intramolecular Hbond substituents is 1. The highest BCUT2D eigenvalue weighted by Gasteiger charge is 2.26. The third-order valence-corrected chi connectivity index (χ3v) is 4.77. The van der Waals surface area contributed by atoms with Gasteiger partial charge in [-0.05, 0) is 42.9 Å². The van der Waals surface area contributed by atoms with E-state index in [1.54, 1.807) is 23.1 Å². The highest BCUT2D eigenvalue weighted by Crippen LogP contribution is 2.21. The highest BCUT2D eigenvalue weighted by molar-refractivity contribution is 6.35. The number of nitrogens with one attached hydrogen (secondary N) is 1. The molecule has 0 unspecified atom stereocenters. The van der Waals surface area contributed by atoms with Gasteiger partial charge in [0.1, 0.15) is 5.75 Å². The monoisotopic (exact) mass is 365 g/mol. The second kappa shape index (κ2) is 8.98. The van der Waals surface area contributed by atoms with Crippen LogP contribution in [0.2, 0.25) is 0 Å². The zero-order valence-corrected chi connectivity index (χ0v) is 15.0. The molecule has 2 aromatic rings. The van der Waals surface area contributed by atoms with Crippen LogP contribution in [0, 0.1) is 5.92 Å². The van der Waals surface area contributed by atoms with Crippen LogP contribution in [0.4, 0.5) is 0 Å². The molecule has 0 atom stereocenters. The average molecular weight is 365 g/mol. The number of amides is 2. The van der Waals surface area contributed by atoms with Crippen molar-refractivity contribution in [2.75, 3.05) is 13.1 Å². The lowest BCUT2D eigenvalue weighted by molar-refractivity contribution is -0.146. The Morgan fingerprint density at radius 1 is 1.07 bits per heavy atom. The summed E-state index contributed by atoms with van der Waals surface area (Å²) >= 11 is 0. The van der Waals surface area contributed by atoms with Crippen LogP contribution < -0.4 is 5.43 Å². The molecule has 6 heteroatoms. The molecule has 0 aromatic heterocycles. The Bertz CT molecular complexity index is 812. The van der Waals surface area contributed by atoms with Crippen molar-refractivity contribution in [3.8, 4) is 5.75 Å². The highest BCUT2D eigenvalue weighted by atomic mass is 16.3. The van der Waals surface area contributed by atoms with Crippen molar-refractivity contribution in [2.45, 2.75) is 19.3 Å². The molecule has 0 aliphatic carbocycles. The summed E-state index contributed by atoms with van der Waals surface area (Å²) in [7, 11) is 0. The molecule has 1 aliphatic heterocycles. The zero-order valence-electron chi connectivity index (χ0n) is 15.0. The number of likely N-dealkylation sites (tertiary alicyclic amines) is 1. The number of hydrogen-bond acceptors (Lipinski definition) is 4. The van der Waals surface area contributed by atoms with Crippen LogP contribution in [0.3, 0.4) is 0 Å². The molecule has 3 rings (SSSR count). The Morgan fingerprint density at radius 3 is 2.44 bits per heavy atom. The van der Waals surface area contributed by atoms with Gasteiger partial charge in [0.2, 0.25) is 0 Å². The first-order valence-corrected chi connectivity index (χ1v) is 9.07. The summed E-state index contributed by atoms with van der Waals surface area (Å²) in [6, 6.07) is 16.9. The van der Waals surface area contributed by atoms with Crippen molar-refractivity contribution < 1.29 is 14.7 Å². The molecule has 0 bridgehead atoms. The zero-order chi connectivity index (χ0) is 19.1. The van der Waals surface area contributed by atoms with E-state index < -0.39 is 11.8 Å². The number of carbonyl (C=O) groups is 2. The molecule has 2 aromatic carbocycles. The number of carbonyl (C=O) groups excluding carboxylic acids is 2. The van der Waals surface area contributed by atoms with Crippen molar-refractivity contribution >= 4 is 18.0 Å². The molecule has 6 nitrogen and oxygen atoms in total. The van der Waals surface area contributed by atoms with Crippen molar-refractivity contribution in [3.05, 3.63) is 65.7 Å². The van der Waals surface area contributed by atoms with E-state index in [4.69, 9.17) is 0 Å². The summed E-state index contributed by atoms with van der Waals surface area (Å²) < 4.78 is 0. The van der Waals surface area contributed by atoms with Gasteiger partial charge < -0.3 is 10.0 Å². The smallest absolute Gasteiger partial charge is 0.329 e. The van der Waals surface area contributed by atoms with E-state index in [0.717, 1.165) is 19.3 Å². The molecular formula is C21H23N3O3. The van der Waals surface area contributed by atoms with Crippen LogP contribution in [-0.4, -0.2) is 41.1 Å². The normalized spacial score (nSPS) is 15.0. The maximum absolute atomic E-state index is 12.3. The number of aromatic hydroxyl groups is 1. The largest absolute Gasteiger partial charge is 0.507 e. The summed E-state index contributed by atoms with van der Waals surface area (Å²) in [6.07, 6.45) is 4.08. The second-order valence-corrected chi connectivity index (χ2v) is 6.68. The minimum atomic E-state index is -0.761. The molecule has 0 saturated carbocycles. The Kier molecular flexibility index (Phi) is 6.20. The molecule has 1 fully saturated rings. The molecular weight excluding hydrogens is 342 g/mol. The van der Waals surface area contributed by atoms with Crippen molar-refractivity contribution in [1.82, 2.24) is 10.3 Å². The molecule has 0 spiro atoms. The topological polar surface area (TPSA) is 82.0 Å². The van der Waals surface area contributed by atoms with Crippen LogP contribution in [0.25, 0.3) is 0 Å². The molecule has 140 valence electrons. The van der Waals surface area contributed by atoms with Gasteiger partial charge in [-0.3, -0.25) is 9.59 Å².